The van der Waals surface area contributed by atoms with Gasteiger partial charge in [0.2, 0.25) is 0 Å². The number of hydrogen-bond donors (Lipinski definition) is 0. The standard InChI is InChI=1S/C19H19BrN2O4S/c1-21-5-7-22(8-6-21)10-14-15(20)12-4-3-11-9-13(18(23)25-2)19(24)26-16(11)17(12)27-14/h3-4,9H,5-8,10H2,1-2H3. The lowest BCUT2D eigenvalue weighted by Crippen LogP contribution is -2.43. The average Bonchev–Trinajstić information content (AvgIpc) is 2.98. The Morgan fingerprint density at radius 1 is 1.30 bits per heavy atom. The summed E-state index contributed by atoms with van der Waals surface area (Å²) in [4.78, 5) is 30.0. The van der Waals surface area contributed by atoms with E-state index in [0.717, 1.165) is 47.3 Å². The molecule has 1 saturated heterocycles. The third-order valence-electron chi connectivity index (χ3n) is 4.93. The number of methoxy groups -OCH3 is 1. The maximum Gasteiger partial charge on any atom is 0.351 e. The van der Waals surface area contributed by atoms with Crippen molar-refractivity contribution in [1.29, 1.82) is 0 Å². The highest BCUT2D eigenvalue weighted by Gasteiger charge is 2.21. The number of esters is 1. The molecule has 0 aliphatic carbocycles. The Balaban J connectivity index is 1.77. The van der Waals surface area contributed by atoms with Crippen LogP contribution in [-0.4, -0.2) is 56.1 Å². The topological polar surface area (TPSA) is 63.0 Å². The van der Waals surface area contributed by atoms with E-state index >= 15 is 0 Å². The molecule has 2 aromatic heterocycles. The summed E-state index contributed by atoms with van der Waals surface area (Å²) in [5.41, 5.74) is -0.245. The van der Waals surface area contributed by atoms with Crippen LogP contribution < -0.4 is 5.63 Å². The largest absolute Gasteiger partial charge is 0.465 e. The molecule has 0 bridgehead atoms. The van der Waals surface area contributed by atoms with Gasteiger partial charge in [0, 0.05) is 52.8 Å². The van der Waals surface area contributed by atoms with Crippen molar-refractivity contribution in [3.63, 3.8) is 0 Å². The molecule has 4 rings (SSSR count). The quantitative estimate of drug-likeness (QED) is 0.450. The van der Waals surface area contributed by atoms with Gasteiger partial charge in [0.05, 0.1) is 11.8 Å². The molecule has 1 aliphatic heterocycles. The molecule has 1 aliphatic rings. The summed E-state index contributed by atoms with van der Waals surface area (Å²) in [5.74, 6) is -0.686. The molecule has 0 amide bonds. The van der Waals surface area contributed by atoms with Crippen LogP contribution in [0.2, 0.25) is 0 Å². The number of likely N-dealkylation sites (N-methyl/N-ethyl adjacent to an activating group) is 1. The Hall–Kier alpha value is -1.74. The van der Waals surface area contributed by atoms with Crippen LogP contribution in [0.5, 0.6) is 0 Å². The molecule has 0 saturated carbocycles. The van der Waals surface area contributed by atoms with Crippen molar-refractivity contribution in [1.82, 2.24) is 9.80 Å². The molecule has 0 unspecified atom stereocenters. The van der Waals surface area contributed by atoms with Gasteiger partial charge >= 0.3 is 11.6 Å². The zero-order chi connectivity index (χ0) is 19.1. The van der Waals surface area contributed by atoms with Crippen LogP contribution in [0.15, 0.2) is 31.9 Å². The fourth-order valence-corrected chi connectivity index (χ4v) is 5.37. The van der Waals surface area contributed by atoms with Crippen molar-refractivity contribution in [2.75, 3.05) is 40.3 Å². The van der Waals surface area contributed by atoms with E-state index in [-0.39, 0.29) is 5.56 Å². The molecule has 1 fully saturated rings. The molecule has 27 heavy (non-hydrogen) atoms. The number of rotatable bonds is 3. The lowest BCUT2D eigenvalue weighted by Gasteiger charge is -2.32. The molecule has 3 aromatic rings. The van der Waals surface area contributed by atoms with E-state index in [1.165, 1.54) is 12.0 Å². The zero-order valence-electron chi connectivity index (χ0n) is 15.1. The van der Waals surface area contributed by atoms with Gasteiger partial charge in [-0.3, -0.25) is 4.90 Å². The minimum Gasteiger partial charge on any atom is -0.465 e. The van der Waals surface area contributed by atoms with E-state index in [1.807, 2.05) is 12.1 Å². The zero-order valence-corrected chi connectivity index (χ0v) is 17.5. The van der Waals surface area contributed by atoms with Crippen molar-refractivity contribution in [3.05, 3.63) is 43.5 Å². The van der Waals surface area contributed by atoms with Crippen LogP contribution in [0.3, 0.4) is 0 Å². The van der Waals surface area contributed by atoms with Crippen LogP contribution in [0.25, 0.3) is 21.1 Å². The number of thiophene rings is 1. The van der Waals surface area contributed by atoms with Gasteiger partial charge in [0.25, 0.3) is 0 Å². The number of carbonyl (C=O) groups excluding carboxylic acids is 1. The smallest absolute Gasteiger partial charge is 0.351 e. The molecule has 0 spiro atoms. The molecular formula is C19H19BrN2O4S. The minimum atomic E-state index is -0.686. The maximum atomic E-state index is 12.2. The fourth-order valence-electron chi connectivity index (χ4n) is 3.31. The molecule has 0 N–H and O–H groups in total. The van der Waals surface area contributed by atoms with Crippen molar-refractivity contribution in [3.8, 4) is 0 Å². The van der Waals surface area contributed by atoms with E-state index in [0.29, 0.717) is 11.0 Å². The van der Waals surface area contributed by atoms with Gasteiger partial charge in [-0.2, -0.15) is 0 Å². The number of ether oxygens (including phenoxy) is 1. The van der Waals surface area contributed by atoms with Gasteiger partial charge < -0.3 is 14.1 Å². The predicted molar refractivity (Wildman–Crippen MR) is 110 cm³/mol. The summed E-state index contributed by atoms with van der Waals surface area (Å²) < 4.78 is 12.1. The number of halogens is 1. The molecule has 0 radical (unpaired) electrons. The molecular weight excluding hydrogens is 432 g/mol. The SMILES string of the molecule is COC(=O)c1cc2ccc3c(Br)c(CN4CCN(C)CC4)sc3c2oc1=O. The second-order valence-electron chi connectivity index (χ2n) is 6.72. The highest BCUT2D eigenvalue weighted by molar-refractivity contribution is 9.10. The minimum absolute atomic E-state index is 0.0855. The van der Waals surface area contributed by atoms with Crippen LogP contribution in [0.4, 0.5) is 0 Å². The Kier molecular flexibility index (Phi) is 5.07. The van der Waals surface area contributed by atoms with E-state index in [1.54, 1.807) is 17.4 Å². The number of fused-ring (bicyclic) bond motifs is 3. The summed E-state index contributed by atoms with van der Waals surface area (Å²) in [6.45, 7) is 5.07. The van der Waals surface area contributed by atoms with Crippen molar-refractivity contribution < 1.29 is 13.9 Å². The van der Waals surface area contributed by atoms with Gasteiger partial charge in [0.1, 0.15) is 5.56 Å². The third-order valence-corrected chi connectivity index (χ3v) is 7.29. The normalized spacial score (nSPS) is 16.3. The Morgan fingerprint density at radius 3 is 2.74 bits per heavy atom. The maximum absolute atomic E-state index is 12.2. The first-order chi connectivity index (χ1) is 13.0. The molecule has 3 heterocycles. The lowest BCUT2D eigenvalue weighted by molar-refractivity contribution is 0.0596. The Bertz CT molecular complexity index is 1080. The highest BCUT2D eigenvalue weighted by atomic mass is 79.9. The molecule has 1 aromatic carbocycles. The number of carbonyl (C=O) groups is 1. The fraction of sp³-hybridized carbons (Fsp3) is 0.368. The van der Waals surface area contributed by atoms with Gasteiger partial charge in [-0.15, -0.1) is 11.3 Å². The van der Waals surface area contributed by atoms with E-state index < -0.39 is 11.6 Å². The lowest BCUT2D eigenvalue weighted by atomic mass is 10.1. The van der Waals surface area contributed by atoms with Crippen molar-refractivity contribution >= 4 is 54.3 Å². The summed E-state index contributed by atoms with van der Waals surface area (Å²) in [6, 6.07) is 5.40. The van der Waals surface area contributed by atoms with Gasteiger partial charge in [-0.05, 0) is 29.0 Å². The molecule has 8 heteroatoms. The molecule has 0 atom stereocenters. The number of nitrogens with zero attached hydrogens (tertiary/aromatic N) is 2. The molecule has 6 nitrogen and oxygen atoms in total. The number of hydrogen-bond acceptors (Lipinski definition) is 7. The Morgan fingerprint density at radius 2 is 2.04 bits per heavy atom. The van der Waals surface area contributed by atoms with Crippen molar-refractivity contribution in [2.24, 2.45) is 0 Å². The van der Waals surface area contributed by atoms with Crippen LogP contribution in [0.1, 0.15) is 15.2 Å². The average molecular weight is 451 g/mol. The first-order valence-corrected chi connectivity index (χ1v) is 10.3. The molecule has 142 valence electrons. The van der Waals surface area contributed by atoms with Crippen molar-refractivity contribution in [2.45, 2.75) is 6.54 Å². The first kappa shape index (κ1) is 18.6. The van der Waals surface area contributed by atoms with Crippen LogP contribution in [0, 0.1) is 0 Å². The first-order valence-electron chi connectivity index (χ1n) is 8.65. The highest BCUT2D eigenvalue weighted by Crippen LogP contribution is 2.40. The Labute approximate surface area is 168 Å². The number of piperazine rings is 1. The van der Waals surface area contributed by atoms with E-state index in [4.69, 9.17) is 4.42 Å². The predicted octanol–water partition coefficient (Wildman–Crippen LogP) is 3.30. The summed E-state index contributed by atoms with van der Waals surface area (Å²) >= 11 is 5.35. The summed E-state index contributed by atoms with van der Waals surface area (Å²) in [5, 5.41) is 1.73. The van der Waals surface area contributed by atoms with E-state index in [9.17, 15) is 9.59 Å². The van der Waals surface area contributed by atoms with Crippen LogP contribution in [-0.2, 0) is 11.3 Å². The van der Waals surface area contributed by atoms with Crippen LogP contribution >= 0.6 is 27.3 Å². The van der Waals surface area contributed by atoms with Gasteiger partial charge in [0.15, 0.2) is 5.58 Å². The summed E-state index contributed by atoms with van der Waals surface area (Å²) in [7, 11) is 3.39. The second-order valence-corrected chi connectivity index (χ2v) is 8.62. The number of benzene rings is 1. The van der Waals surface area contributed by atoms with E-state index in [2.05, 4.69) is 37.5 Å². The van der Waals surface area contributed by atoms with Gasteiger partial charge in [-0.1, -0.05) is 12.1 Å². The second kappa shape index (κ2) is 7.35. The summed E-state index contributed by atoms with van der Waals surface area (Å²) in [6.07, 6.45) is 0. The third kappa shape index (κ3) is 3.42. The monoisotopic (exact) mass is 450 g/mol. The van der Waals surface area contributed by atoms with Gasteiger partial charge in [-0.25, -0.2) is 9.59 Å².